The van der Waals surface area contributed by atoms with Crippen LogP contribution < -0.4 is 20.1 Å². The Bertz CT molecular complexity index is 957. The van der Waals surface area contributed by atoms with Crippen LogP contribution in [0.25, 0.3) is 0 Å². The molecule has 26 heavy (non-hydrogen) atoms. The molecule has 9 heteroatoms. The number of ether oxygens (including phenoxy) is 2. The summed E-state index contributed by atoms with van der Waals surface area (Å²) in [6, 6.07) is 16.0. The summed E-state index contributed by atoms with van der Waals surface area (Å²) in [5, 5.41) is 1.01. The molecule has 0 radical (unpaired) electrons. The predicted molar refractivity (Wildman–Crippen MR) is 101 cm³/mol. The highest BCUT2D eigenvalue weighted by Crippen LogP contribution is 2.49. The summed E-state index contributed by atoms with van der Waals surface area (Å²) in [7, 11) is 1.41. The maximum absolute atomic E-state index is 13.2. The topological polar surface area (TPSA) is 74.2 Å². The number of halogens is 2. The van der Waals surface area contributed by atoms with Crippen LogP contribution in [0.4, 0.5) is 0 Å². The van der Waals surface area contributed by atoms with E-state index in [-0.39, 0.29) is 23.9 Å². The van der Waals surface area contributed by atoms with Crippen LogP contribution in [0, 0.1) is 0 Å². The molecule has 0 spiro atoms. The lowest BCUT2D eigenvalue weighted by Gasteiger charge is -2.16. The van der Waals surface area contributed by atoms with E-state index in [1.54, 1.807) is 42.5 Å². The van der Waals surface area contributed by atoms with Crippen molar-refractivity contribution >= 4 is 39.9 Å². The summed E-state index contributed by atoms with van der Waals surface area (Å²) in [4.78, 5) is 11.6. The number of methoxy groups -OCH3 is 1. The minimum atomic E-state index is -3.29. The number of hydrogen-bond acceptors (Lipinski definition) is 6. The molecule has 3 aromatic rings. The molecule has 0 aliphatic heterocycles. The molecule has 0 bridgehead atoms. The zero-order valence-electron chi connectivity index (χ0n) is 13.7. The van der Waals surface area contributed by atoms with E-state index in [0.29, 0.717) is 16.2 Å². The molecule has 3 rings (SSSR count). The van der Waals surface area contributed by atoms with Gasteiger partial charge in [-0.05, 0) is 28.9 Å². The zero-order chi connectivity index (χ0) is 18.6. The lowest BCUT2D eigenvalue weighted by Crippen LogP contribution is -2.18. The molecule has 0 fully saturated rings. The SMILES string of the molecule is COc1nc(Cl)nc(OCc2ccccc2P(=O)(Cl)c2ccccc2)n1. The maximum Gasteiger partial charge on any atom is 0.324 e. The summed E-state index contributed by atoms with van der Waals surface area (Å²) in [6.07, 6.45) is 0. The Morgan fingerprint density at radius 1 is 0.962 bits per heavy atom. The van der Waals surface area contributed by atoms with Gasteiger partial charge in [-0.25, -0.2) is 0 Å². The molecular weight excluding hydrogens is 396 g/mol. The van der Waals surface area contributed by atoms with Crippen molar-refractivity contribution in [3.63, 3.8) is 0 Å². The smallest absolute Gasteiger partial charge is 0.324 e. The molecule has 1 unspecified atom stereocenters. The Morgan fingerprint density at radius 3 is 2.35 bits per heavy atom. The average molecular weight is 410 g/mol. The van der Waals surface area contributed by atoms with Crippen molar-refractivity contribution < 1.29 is 14.0 Å². The second kappa shape index (κ2) is 8.04. The van der Waals surface area contributed by atoms with Crippen molar-refractivity contribution in [2.75, 3.05) is 7.11 Å². The van der Waals surface area contributed by atoms with Crippen molar-refractivity contribution in [1.82, 2.24) is 15.0 Å². The molecule has 134 valence electrons. The minimum Gasteiger partial charge on any atom is -0.467 e. The fourth-order valence-electron chi connectivity index (χ4n) is 2.29. The molecule has 0 saturated carbocycles. The number of nitrogens with zero attached hydrogens (tertiary/aromatic N) is 3. The third-order valence-corrected chi connectivity index (χ3v) is 6.82. The van der Waals surface area contributed by atoms with Crippen molar-refractivity contribution in [1.29, 1.82) is 0 Å². The highest BCUT2D eigenvalue weighted by atomic mass is 35.7. The van der Waals surface area contributed by atoms with Gasteiger partial charge in [-0.15, -0.1) is 4.98 Å². The van der Waals surface area contributed by atoms with E-state index in [2.05, 4.69) is 15.0 Å². The first kappa shape index (κ1) is 18.6. The molecule has 0 saturated heterocycles. The van der Waals surface area contributed by atoms with Crippen molar-refractivity contribution in [3.8, 4) is 12.0 Å². The first-order valence-electron chi connectivity index (χ1n) is 7.53. The van der Waals surface area contributed by atoms with E-state index < -0.39 is 6.49 Å². The second-order valence-corrected chi connectivity index (χ2v) is 8.99. The molecular formula is C17H14Cl2N3O3P. The van der Waals surface area contributed by atoms with Crippen LogP contribution in [0.5, 0.6) is 12.0 Å². The van der Waals surface area contributed by atoms with Gasteiger partial charge in [0, 0.05) is 16.2 Å². The van der Waals surface area contributed by atoms with Crippen LogP contribution >= 0.6 is 29.3 Å². The van der Waals surface area contributed by atoms with Crippen LogP contribution in [0.1, 0.15) is 5.56 Å². The Kier molecular flexibility index (Phi) is 5.77. The van der Waals surface area contributed by atoms with Crippen molar-refractivity contribution in [2.24, 2.45) is 0 Å². The summed E-state index contributed by atoms with van der Waals surface area (Å²) in [5.41, 5.74) is 0.658. The summed E-state index contributed by atoms with van der Waals surface area (Å²) in [6.45, 7) is -3.23. The summed E-state index contributed by atoms with van der Waals surface area (Å²) in [5.74, 6) is 0. The second-order valence-electron chi connectivity index (χ2n) is 5.16. The maximum atomic E-state index is 13.2. The van der Waals surface area contributed by atoms with Gasteiger partial charge in [0.15, 0.2) is 0 Å². The summed E-state index contributed by atoms with van der Waals surface area (Å²) < 4.78 is 23.7. The van der Waals surface area contributed by atoms with E-state index in [1.807, 2.05) is 12.1 Å². The van der Waals surface area contributed by atoms with E-state index in [4.69, 9.17) is 32.3 Å². The molecule has 0 amide bonds. The van der Waals surface area contributed by atoms with Gasteiger partial charge >= 0.3 is 12.0 Å². The Balaban J connectivity index is 1.89. The van der Waals surface area contributed by atoms with Crippen LogP contribution in [0.2, 0.25) is 5.28 Å². The first-order valence-corrected chi connectivity index (χ1v) is 10.5. The predicted octanol–water partition coefficient (Wildman–Crippen LogP) is 3.58. The molecule has 1 aromatic heterocycles. The Morgan fingerprint density at radius 2 is 1.62 bits per heavy atom. The van der Waals surface area contributed by atoms with Crippen molar-refractivity contribution in [2.45, 2.75) is 6.61 Å². The number of rotatable bonds is 6. The standard InChI is InChI=1S/C17H14Cl2N3O3P/c1-24-16-20-15(18)21-17(22-16)25-11-12-7-5-6-10-14(12)26(19,23)13-8-3-2-4-9-13/h2-10H,11H2,1H3. The van der Waals surface area contributed by atoms with Crippen LogP contribution in [0.15, 0.2) is 54.6 Å². The fraction of sp³-hybridized carbons (Fsp3) is 0.118. The third-order valence-electron chi connectivity index (χ3n) is 3.50. The first-order chi connectivity index (χ1) is 12.5. The molecule has 1 atom stereocenters. The molecule has 0 N–H and O–H groups in total. The normalized spacial score (nSPS) is 13.0. The van der Waals surface area contributed by atoms with Gasteiger partial charge < -0.3 is 9.47 Å². The van der Waals surface area contributed by atoms with Crippen LogP contribution in [0.3, 0.4) is 0 Å². The summed E-state index contributed by atoms with van der Waals surface area (Å²) >= 11 is 12.3. The minimum absolute atomic E-state index is 0.000712. The van der Waals surface area contributed by atoms with Gasteiger partial charge in [-0.3, -0.25) is 4.57 Å². The van der Waals surface area contributed by atoms with E-state index >= 15 is 0 Å². The van der Waals surface area contributed by atoms with Gasteiger partial charge in [-0.2, -0.15) is 9.97 Å². The molecule has 0 aliphatic rings. The number of benzene rings is 2. The lowest BCUT2D eigenvalue weighted by atomic mass is 10.2. The van der Waals surface area contributed by atoms with Gasteiger partial charge in [0.1, 0.15) is 6.61 Å². The molecule has 2 aromatic carbocycles. The highest BCUT2D eigenvalue weighted by Gasteiger charge is 2.27. The average Bonchev–Trinajstić information content (AvgIpc) is 2.67. The van der Waals surface area contributed by atoms with E-state index in [9.17, 15) is 4.57 Å². The van der Waals surface area contributed by atoms with Crippen LogP contribution in [-0.2, 0) is 11.2 Å². The van der Waals surface area contributed by atoms with Crippen molar-refractivity contribution in [3.05, 3.63) is 65.4 Å². The number of hydrogen-bond donors (Lipinski definition) is 0. The van der Waals surface area contributed by atoms with Gasteiger partial charge in [0.05, 0.1) is 7.11 Å². The highest BCUT2D eigenvalue weighted by molar-refractivity contribution is 8.00. The monoisotopic (exact) mass is 409 g/mol. The van der Waals surface area contributed by atoms with Crippen LogP contribution in [-0.4, -0.2) is 22.1 Å². The largest absolute Gasteiger partial charge is 0.467 e. The Labute approximate surface area is 160 Å². The number of aromatic nitrogens is 3. The fourth-order valence-corrected chi connectivity index (χ4v) is 4.88. The van der Waals surface area contributed by atoms with E-state index in [1.165, 1.54) is 7.11 Å². The lowest BCUT2D eigenvalue weighted by molar-refractivity contribution is 0.271. The molecule has 1 heterocycles. The molecule has 0 aliphatic carbocycles. The van der Waals surface area contributed by atoms with E-state index in [0.717, 1.165) is 0 Å². The van der Waals surface area contributed by atoms with Gasteiger partial charge in [-0.1, -0.05) is 48.5 Å². The Hall–Kier alpha value is -2.14. The van der Waals surface area contributed by atoms with Gasteiger partial charge in [0.25, 0.3) is 0 Å². The van der Waals surface area contributed by atoms with Gasteiger partial charge in [0.2, 0.25) is 11.8 Å². The quantitative estimate of drug-likeness (QED) is 0.579. The third kappa shape index (κ3) is 4.15. The molecule has 6 nitrogen and oxygen atoms in total. The zero-order valence-corrected chi connectivity index (χ0v) is 16.1.